The van der Waals surface area contributed by atoms with E-state index < -0.39 is 44.8 Å². The van der Waals surface area contributed by atoms with Gasteiger partial charge >= 0.3 is 0 Å². The molecule has 2 N–H and O–H groups in total. The van der Waals surface area contributed by atoms with Crippen molar-refractivity contribution in [2.45, 2.75) is 0 Å². The van der Waals surface area contributed by atoms with Gasteiger partial charge in [0, 0.05) is 11.4 Å². The molecule has 0 fully saturated rings. The second kappa shape index (κ2) is 7.84. The van der Waals surface area contributed by atoms with Gasteiger partial charge in [-0.3, -0.25) is 9.59 Å². The average Bonchev–Trinajstić information content (AvgIpc) is 2.50. The summed E-state index contributed by atoms with van der Waals surface area (Å²) < 4.78 is 49.3. The molecule has 2 amide bonds. The molecule has 0 heterocycles. The third-order valence-electron chi connectivity index (χ3n) is 2.96. The molecule has 0 aliphatic rings. The highest BCUT2D eigenvalue weighted by Gasteiger charge is 2.21. The molecule has 0 bridgehead atoms. The van der Waals surface area contributed by atoms with E-state index in [1.807, 2.05) is 0 Å². The number of hydrogen-bond acceptors (Lipinski definition) is 4. The van der Waals surface area contributed by atoms with E-state index in [2.05, 4.69) is 10.6 Å². The van der Waals surface area contributed by atoms with Gasteiger partial charge in [-0.1, -0.05) is 0 Å². The lowest BCUT2D eigenvalue weighted by Gasteiger charge is -2.07. The van der Waals surface area contributed by atoms with Crippen molar-refractivity contribution in [2.24, 2.45) is 0 Å². The zero-order chi connectivity index (χ0) is 18.4. The first-order valence-electron chi connectivity index (χ1n) is 7.05. The Kier molecular flexibility index (Phi) is 5.81. The molecule has 0 saturated carbocycles. The van der Waals surface area contributed by atoms with Gasteiger partial charge in [0.1, 0.15) is 23.1 Å². The molecule has 0 spiro atoms. The summed E-state index contributed by atoms with van der Waals surface area (Å²) >= 11 is 0. The lowest BCUT2D eigenvalue weighted by atomic mass is 10.3. The molecule has 2 aromatic carbocycles. The number of amides is 2. The summed E-state index contributed by atoms with van der Waals surface area (Å²) in [6, 6.07) is 9.56. The molecule has 0 aliphatic carbocycles. The lowest BCUT2D eigenvalue weighted by Crippen LogP contribution is -2.30. The summed E-state index contributed by atoms with van der Waals surface area (Å²) in [6.45, 7) is 0. The predicted molar refractivity (Wildman–Crippen MR) is 88.7 cm³/mol. The minimum absolute atomic E-state index is 0.234. The van der Waals surface area contributed by atoms with Crippen molar-refractivity contribution in [1.82, 2.24) is 0 Å². The van der Waals surface area contributed by atoms with Crippen LogP contribution in [0.2, 0.25) is 0 Å². The molecule has 9 heteroatoms. The van der Waals surface area contributed by atoms with Crippen LogP contribution in [0.25, 0.3) is 0 Å². The molecule has 0 aromatic heterocycles. The summed E-state index contributed by atoms with van der Waals surface area (Å²) in [5, 5.41) is 4.59. The van der Waals surface area contributed by atoms with Crippen LogP contribution in [0.15, 0.2) is 48.5 Å². The highest BCUT2D eigenvalue weighted by atomic mass is 32.2. The zero-order valence-corrected chi connectivity index (χ0v) is 13.6. The van der Waals surface area contributed by atoms with E-state index in [4.69, 9.17) is 0 Å². The number of hydrogen-bond donors (Lipinski definition) is 2. The molecule has 0 radical (unpaired) electrons. The largest absolute Gasteiger partial charge is 0.325 e. The van der Waals surface area contributed by atoms with Crippen molar-refractivity contribution < 1.29 is 26.8 Å². The molecular weight excluding hydrogens is 354 g/mol. The number of carbonyl (C=O) groups excluding carboxylic acids is 2. The van der Waals surface area contributed by atoms with Crippen LogP contribution in [0.4, 0.5) is 20.2 Å². The first kappa shape index (κ1) is 18.5. The van der Waals surface area contributed by atoms with Gasteiger partial charge in [0.05, 0.1) is 0 Å². The van der Waals surface area contributed by atoms with Crippen LogP contribution in [0, 0.1) is 11.6 Å². The Balaban J connectivity index is 1.89. The number of halogens is 2. The van der Waals surface area contributed by atoms with E-state index in [0.717, 1.165) is 24.3 Å². The topological polar surface area (TPSA) is 92.3 Å². The molecule has 0 saturated heterocycles. The number of sulfone groups is 1. The van der Waals surface area contributed by atoms with Crippen molar-refractivity contribution in [3.8, 4) is 0 Å². The molecule has 2 aromatic rings. The van der Waals surface area contributed by atoms with Gasteiger partial charge in [-0.2, -0.15) is 0 Å². The van der Waals surface area contributed by atoms with Crippen molar-refractivity contribution in [3.05, 3.63) is 60.2 Å². The van der Waals surface area contributed by atoms with Gasteiger partial charge in [0.15, 0.2) is 9.84 Å². The Bertz CT molecular complexity index is 799. The summed E-state index contributed by atoms with van der Waals surface area (Å²) in [4.78, 5) is 23.5. The predicted octanol–water partition coefficient (Wildman–Crippen LogP) is 1.96. The summed E-state index contributed by atoms with van der Waals surface area (Å²) in [7, 11) is -4.01. The lowest BCUT2D eigenvalue weighted by molar-refractivity contribution is -0.114. The van der Waals surface area contributed by atoms with Gasteiger partial charge in [-0.15, -0.1) is 0 Å². The molecule has 0 aliphatic heterocycles. The molecular formula is C16H14F2N2O4S. The van der Waals surface area contributed by atoms with Crippen LogP contribution in [0.3, 0.4) is 0 Å². The average molecular weight is 368 g/mol. The van der Waals surface area contributed by atoms with Gasteiger partial charge in [-0.25, -0.2) is 17.2 Å². The quantitative estimate of drug-likeness (QED) is 0.815. The van der Waals surface area contributed by atoms with Crippen molar-refractivity contribution in [1.29, 1.82) is 0 Å². The standard InChI is InChI=1S/C16H14F2N2O4S/c17-11-1-5-13(6-2-11)19-15(21)9-25(23,24)10-16(22)20-14-7-3-12(18)4-8-14/h1-8H,9-10H2,(H,19,21)(H,20,22). The van der Waals surface area contributed by atoms with Crippen LogP contribution in [0.1, 0.15) is 0 Å². The van der Waals surface area contributed by atoms with Crippen LogP contribution in [-0.4, -0.2) is 31.7 Å². The van der Waals surface area contributed by atoms with Crippen molar-refractivity contribution >= 4 is 33.0 Å². The fourth-order valence-electron chi connectivity index (χ4n) is 1.91. The maximum atomic E-state index is 12.8. The van der Waals surface area contributed by atoms with Crippen LogP contribution in [-0.2, 0) is 19.4 Å². The van der Waals surface area contributed by atoms with Crippen molar-refractivity contribution in [3.63, 3.8) is 0 Å². The smallest absolute Gasteiger partial charge is 0.239 e. The van der Waals surface area contributed by atoms with Crippen LogP contribution in [0.5, 0.6) is 0 Å². The van der Waals surface area contributed by atoms with Crippen LogP contribution < -0.4 is 10.6 Å². The maximum Gasteiger partial charge on any atom is 0.239 e. The summed E-state index contributed by atoms with van der Waals surface area (Å²) in [5.74, 6) is -4.49. The zero-order valence-electron chi connectivity index (χ0n) is 12.8. The number of carbonyl (C=O) groups is 2. The second-order valence-electron chi connectivity index (χ2n) is 5.14. The van der Waals surface area contributed by atoms with Crippen molar-refractivity contribution in [2.75, 3.05) is 22.1 Å². The highest BCUT2D eigenvalue weighted by Crippen LogP contribution is 2.10. The van der Waals surface area contributed by atoms with E-state index >= 15 is 0 Å². The Labute approximate surface area is 142 Å². The van der Waals surface area contributed by atoms with Gasteiger partial charge in [-0.05, 0) is 48.5 Å². The fourth-order valence-corrected chi connectivity index (χ4v) is 2.96. The van der Waals surface area contributed by atoms with E-state index in [1.54, 1.807) is 0 Å². The van der Waals surface area contributed by atoms with Gasteiger partial charge in [0.2, 0.25) is 11.8 Å². The Morgan fingerprint density at radius 3 is 1.36 bits per heavy atom. The SMILES string of the molecule is O=C(CS(=O)(=O)CC(=O)Nc1ccc(F)cc1)Nc1ccc(F)cc1. The minimum Gasteiger partial charge on any atom is -0.325 e. The Morgan fingerprint density at radius 1 is 0.720 bits per heavy atom. The third-order valence-corrected chi connectivity index (χ3v) is 4.36. The minimum atomic E-state index is -4.01. The molecule has 2 rings (SSSR count). The molecule has 0 unspecified atom stereocenters. The number of nitrogens with one attached hydrogen (secondary N) is 2. The van der Waals surface area contributed by atoms with E-state index in [1.165, 1.54) is 24.3 Å². The first-order chi connectivity index (χ1) is 11.7. The monoisotopic (exact) mass is 368 g/mol. The first-order valence-corrected chi connectivity index (χ1v) is 8.87. The number of benzene rings is 2. The Hall–Kier alpha value is -2.81. The van der Waals surface area contributed by atoms with E-state index in [-0.39, 0.29) is 11.4 Å². The molecule has 25 heavy (non-hydrogen) atoms. The molecule has 0 atom stereocenters. The second-order valence-corrected chi connectivity index (χ2v) is 7.21. The number of rotatable bonds is 6. The van der Waals surface area contributed by atoms with Gasteiger partial charge in [0.25, 0.3) is 0 Å². The molecule has 132 valence electrons. The fraction of sp³-hybridized carbons (Fsp3) is 0.125. The maximum absolute atomic E-state index is 12.8. The summed E-state index contributed by atoms with van der Waals surface area (Å²) in [6.07, 6.45) is 0. The van der Waals surface area contributed by atoms with Gasteiger partial charge < -0.3 is 10.6 Å². The normalized spacial score (nSPS) is 11.0. The highest BCUT2D eigenvalue weighted by molar-refractivity contribution is 7.92. The summed E-state index contributed by atoms with van der Waals surface area (Å²) in [5.41, 5.74) is 0.467. The van der Waals surface area contributed by atoms with Crippen LogP contribution >= 0.6 is 0 Å². The molecule has 6 nitrogen and oxygen atoms in total. The third kappa shape index (κ3) is 6.30. The van der Waals surface area contributed by atoms with E-state index in [0.29, 0.717) is 0 Å². The van der Waals surface area contributed by atoms with E-state index in [9.17, 15) is 26.8 Å². The Morgan fingerprint density at radius 2 is 1.04 bits per heavy atom. The number of anilines is 2.